The minimum Gasteiger partial charge on any atom is -0.461 e. The molecule has 0 fully saturated rings. The smallest absolute Gasteiger partial charge is 0.164 e. The fraction of sp³-hybridized carbons (Fsp3) is 0.0444. The first-order valence-electron chi connectivity index (χ1n) is 16.8. The van der Waals surface area contributed by atoms with Crippen LogP contribution in [0.1, 0.15) is 23.0 Å². The molecule has 0 radical (unpaired) electrons. The molecule has 0 bridgehead atoms. The average Bonchev–Trinajstić information content (AvgIpc) is 3.77. The summed E-state index contributed by atoms with van der Waals surface area (Å²) in [6, 6.07) is 49.9. The highest BCUT2D eigenvalue weighted by molar-refractivity contribution is 6.12. The molecule has 0 saturated heterocycles. The van der Waals surface area contributed by atoms with Crippen molar-refractivity contribution in [3.05, 3.63) is 181 Å². The van der Waals surface area contributed by atoms with E-state index in [-0.39, 0.29) is 11.8 Å². The molecule has 2 unspecified atom stereocenters. The Balaban J connectivity index is 1.06. The van der Waals surface area contributed by atoms with Gasteiger partial charge in [0.2, 0.25) is 0 Å². The molecule has 0 spiro atoms. The van der Waals surface area contributed by atoms with Gasteiger partial charge >= 0.3 is 0 Å². The molecule has 236 valence electrons. The number of hydrogen-bond acceptors (Lipinski definition) is 5. The Bertz CT molecular complexity index is 2580. The Morgan fingerprint density at radius 3 is 1.96 bits per heavy atom. The molecule has 8 aromatic rings. The number of hydrogen-bond donors (Lipinski definition) is 0. The van der Waals surface area contributed by atoms with Gasteiger partial charge in [-0.25, -0.2) is 15.0 Å². The van der Waals surface area contributed by atoms with Gasteiger partial charge in [0.15, 0.2) is 17.5 Å². The first kappa shape index (κ1) is 28.4. The number of fused-ring (bicyclic) bond motifs is 6. The number of allylic oxidation sites excluding steroid dienone is 4. The molecule has 5 heteroatoms. The number of benzene rings is 6. The van der Waals surface area contributed by atoms with Crippen molar-refractivity contribution >= 4 is 21.9 Å². The van der Waals surface area contributed by atoms with Crippen LogP contribution in [0.2, 0.25) is 0 Å². The molecule has 2 aliphatic rings. The maximum Gasteiger partial charge on any atom is 0.164 e. The van der Waals surface area contributed by atoms with Gasteiger partial charge in [-0.05, 0) is 53.1 Å². The van der Waals surface area contributed by atoms with E-state index in [0.29, 0.717) is 17.5 Å². The Hall–Kier alpha value is -6.59. The molecule has 0 amide bonds. The number of rotatable bonds is 5. The van der Waals surface area contributed by atoms with Crippen LogP contribution in [-0.4, -0.2) is 15.0 Å². The lowest BCUT2D eigenvalue weighted by atomic mass is 9.78. The van der Waals surface area contributed by atoms with Crippen LogP contribution in [0, 0.1) is 0 Å². The topological polar surface area (TPSA) is 61.0 Å². The van der Waals surface area contributed by atoms with Gasteiger partial charge in [0.25, 0.3) is 0 Å². The zero-order valence-corrected chi connectivity index (χ0v) is 26.9. The molecular weight excluding hydrogens is 615 g/mol. The van der Waals surface area contributed by atoms with Crippen molar-refractivity contribution in [2.75, 3.05) is 0 Å². The van der Waals surface area contributed by atoms with Crippen LogP contribution in [0.15, 0.2) is 174 Å². The zero-order valence-electron chi connectivity index (χ0n) is 26.9. The third-order valence-electron chi connectivity index (χ3n) is 9.76. The quantitative estimate of drug-likeness (QED) is 0.187. The second-order valence-electron chi connectivity index (χ2n) is 12.8. The molecule has 3 heterocycles. The summed E-state index contributed by atoms with van der Waals surface area (Å²) in [5.74, 6) is 3.88. The van der Waals surface area contributed by atoms with Crippen molar-refractivity contribution in [1.29, 1.82) is 0 Å². The summed E-state index contributed by atoms with van der Waals surface area (Å²) in [5, 5.41) is 2.25. The van der Waals surface area contributed by atoms with Gasteiger partial charge in [-0.15, -0.1) is 0 Å². The standard InChI is InChI=1S/C45H29N3O2/c1-3-12-28(13-4-1)43-46-44(29-14-5-2-6-15-29)48-45(47-43)32-17-9-16-30(26-32)33-19-10-23-40-42(33)36-27-31(24-25-38(36)50-40)34-20-11-22-39-41(34)35-18-7-8-21-37(35)49-39/h1-27,33,42H. The number of furan rings is 1. The molecule has 0 N–H and O–H groups in total. The van der Waals surface area contributed by atoms with Gasteiger partial charge < -0.3 is 9.15 Å². The van der Waals surface area contributed by atoms with Crippen molar-refractivity contribution in [2.24, 2.45) is 0 Å². The lowest BCUT2D eigenvalue weighted by molar-refractivity contribution is 0.416. The third-order valence-corrected chi connectivity index (χ3v) is 9.76. The first-order valence-corrected chi connectivity index (χ1v) is 16.8. The minimum absolute atomic E-state index is 0.0311. The van der Waals surface area contributed by atoms with E-state index in [1.54, 1.807) is 0 Å². The third kappa shape index (κ3) is 4.74. The predicted octanol–water partition coefficient (Wildman–Crippen LogP) is 11.2. The largest absolute Gasteiger partial charge is 0.461 e. The number of para-hydroxylation sites is 1. The van der Waals surface area contributed by atoms with Crippen molar-refractivity contribution in [3.63, 3.8) is 0 Å². The molecular formula is C45H29N3O2. The highest BCUT2D eigenvalue weighted by Crippen LogP contribution is 2.52. The van der Waals surface area contributed by atoms with Gasteiger partial charge in [0.1, 0.15) is 22.7 Å². The van der Waals surface area contributed by atoms with E-state index in [1.165, 1.54) is 11.1 Å². The molecule has 10 rings (SSSR count). The van der Waals surface area contributed by atoms with Crippen LogP contribution < -0.4 is 4.74 Å². The molecule has 50 heavy (non-hydrogen) atoms. The van der Waals surface area contributed by atoms with Crippen LogP contribution >= 0.6 is 0 Å². The van der Waals surface area contributed by atoms with Crippen LogP contribution in [0.25, 0.3) is 67.2 Å². The molecule has 6 aromatic carbocycles. The van der Waals surface area contributed by atoms with E-state index in [4.69, 9.17) is 24.1 Å². The van der Waals surface area contributed by atoms with Crippen molar-refractivity contribution in [2.45, 2.75) is 11.8 Å². The van der Waals surface area contributed by atoms with Gasteiger partial charge in [0, 0.05) is 38.9 Å². The molecule has 2 aromatic heterocycles. The van der Waals surface area contributed by atoms with Crippen LogP contribution in [0.4, 0.5) is 0 Å². The second-order valence-corrected chi connectivity index (χ2v) is 12.8. The lowest BCUT2D eigenvalue weighted by Gasteiger charge is -2.24. The summed E-state index contributed by atoms with van der Waals surface area (Å²) in [7, 11) is 0. The van der Waals surface area contributed by atoms with Crippen molar-refractivity contribution in [3.8, 4) is 51.0 Å². The van der Waals surface area contributed by atoms with E-state index in [1.807, 2.05) is 78.9 Å². The van der Waals surface area contributed by atoms with Gasteiger partial charge in [0.05, 0.1) is 5.92 Å². The van der Waals surface area contributed by atoms with Gasteiger partial charge in [-0.3, -0.25) is 0 Å². The first-order chi connectivity index (χ1) is 24.8. The highest BCUT2D eigenvalue weighted by atomic mass is 16.5. The van der Waals surface area contributed by atoms with E-state index < -0.39 is 0 Å². The fourth-order valence-corrected chi connectivity index (χ4v) is 7.43. The van der Waals surface area contributed by atoms with Crippen molar-refractivity contribution < 1.29 is 9.15 Å². The molecule has 2 atom stereocenters. The number of aromatic nitrogens is 3. The molecule has 1 aliphatic carbocycles. The molecule has 1 aliphatic heterocycles. The van der Waals surface area contributed by atoms with Crippen molar-refractivity contribution in [1.82, 2.24) is 15.0 Å². The maximum absolute atomic E-state index is 6.50. The normalized spacial score (nSPS) is 16.2. The summed E-state index contributed by atoms with van der Waals surface area (Å²) in [6.07, 6.45) is 6.48. The van der Waals surface area contributed by atoms with E-state index in [9.17, 15) is 0 Å². The summed E-state index contributed by atoms with van der Waals surface area (Å²) >= 11 is 0. The minimum atomic E-state index is 0.0311. The average molecular weight is 644 g/mol. The fourth-order valence-electron chi connectivity index (χ4n) is 7.43. The SMILES string of the molecule is C1=CC(c2cccc(-c3nc(-c4ccccc4)nc(-c4ccccc4)n3)c2)C2C(=C1)Oc1ccc(-c3cccc4oc5ccccc5c34)cc12. The van der Waals surface area contributed by atoms with Crippen LogP contribution in [0.5, 0.6) is 5.75 Å². The Morgan fingerprint density at radius 1 is 0.520 bits per heavy atom. The monoisotopic (exact) mass is 643 g/mol. The van der Waals surface area contributed by atoms with Crippen LogP contribution in [-0.2, 0) is 0 Å². The van der Waals surface area contributed by atoms with E-state index >= 15 is 0 Å². The zero-order chi connectivity index (χ0) is 33.0. The maximum atomic E-state index is 6.50. The Labute approximate surface area is 288 Å². The second kappa shape index (κ2) is 11.5. The number of nitrogens with zero attached hydrogens (tertiary/aromatic N) is 3. The Kier molecular flexibility index (Phi) is 6.56. The lowest BCUT2D eigenvalue weighted by Crippen LogP contribution is -2.12. The number of ether oxygens (including phenoxy) is 1. The van der Waals surface area contributed by atoms with Gasteiger partial charge in [-0.2, -0.15) is 0 Å². The summed E-state index contributed by atoms with van der Waals surface area (Å²) in [6.45, 7) is 0. The van der Waals surface area contributed by atoms with Gasteiger partial charge in [-0.1, -0.05) is 127 Å². The summed E-state index contributed by atoms with van der Waals surface area (Å²) < 4.78 is 12.7. The molecule has 0 saturated carbocycles. The van der Waals surface area contributed by atoms with Crippen LogP contribution in [0.3, 0.4) is 0 Å². The predicted molar refractivity (Wildman–Crippen MR) is 199 cm³/mol. The summed E-state index contributed by atoms with van der Waals surface area (Å²) in [5.41, 5.74) is 9.25. The van der Waals surface area contributed by atoms with E-state index in [2.05, 4.69) is 85.0 Å². The van der Waals surface area contributed by atoms with E-state index in [0.717, 1.165) is 61.3 Å². The Morgan fingerprint density at radius 2 is 1.18 bits per heavy atom. The highest BCUT2D eigenvalue weighted by Gasteiger charge is 2.37. The molecule has 5 nitrogen and oxygen atoms in total. The summed E-state index contributed by atoms with van der Waals surface area (Å²) in [4.78, 5) is 14.9.